The van der Waals surface area contributed by atoms with Gasteiger partial charge in [-0.3, -0.25) is 0 Å². The first-order valence-electron chi connectivity index (χ1n) is 3.51. The SMILES string of the molecule is O=C(O)OC(CF)C(OC(=O)O)C(F)F. The summed E-state index contributed by atoms with van der Waals surface area (Å²) in [6.45, 7) is -1.62. The standard InChI is InChI=1S/C6H7F3O6/c7-1-2(14-5(10)11)3(4(8)9)15-6(12)13/h2-4H,1H2,(H,10,11)(H,12,13). The molecule has 88 valence electrons. The van der Waals surface area contributed by atoms with E-state index in [0.717, 1.165) is 0 Å². The predicted molar refractivity (Wildman–Crippen MR) is 37.8 cm³/mol. The van der Waals surface area contributed by atoms with Crippen molar-refractivity contribution in [3.05, 3.63) is 0 Å². The van der Waals surface area contributed by atoms with Crippen molar-refractivity contribution in [2.75, 3.05) is 6.67 Å². The first-order chi connectivity index (χ1) is 6.88. The molecule has 0 aromatic heterocycles. The second-order valence-corrected chi connectivity index (χ2v) is 2.26. The van der Waals surface area contributed by atoms with E-state index < -0.39 is 37.6 Å². The van der Waals surface area contributed by atoms with Crippen LogP contribution in [0.4, 0.5) is 22.8 Å². The van der Waals surface area contributed by atoms with Gasteiger partial charge in [-0.1, -0.05) is 0 Å². The predicted octanol–water partition coefficient (Wildman–Crippen LogP) is 1.35. The van der Waals surface area contributed by atoms with Crippen LogP contribution in [0.5, 0.6) is 0 Å². The number of carbonyl (C=O) groups is 2. The van der Waals surface area contributed by atoms with E-state index >= 15 is 0 Å². The lowest BCUT2D eigenvalue weighted by Gasteiger charge is -2.21. The number of alkyl halides is 3. The maximum absolute atomic E-state index is 12.1. The molecule has 15 heavy (non-hydrogen) atoms. The molecule has 0 aliphatic carbocycles. The van der Waals surface area contributed by atoms with E-state index in [-0.39, 0.29) is 0 Å². The van der Waals surface area contributed by atoms with Crippen molar-refractivity contribution in [2.45, 2.75) is 18.6 Å². The van der Waals surface area contributed by atoms with Crippen LogP contribution in [-0.2, 0) is 9.47 Å². The number of hydrogen-bond donors (Lipinski definition) is 2. The Morgan fingerprint density at radius 1 is 1.13 bits per heavy atom. The van der Waals surface area contributed by atoms with E-state index in [2.05, 4.69) is 9.47 Å². The third-order valence-corrected chi connectivity index (χ3v) is 1.26. The van der Waals surface area contributed by atoms with Crippen molar-refractivity contribution in [2.24, 2.45) is 0 Å². The Labute approximate surface area is 81.2 Å². The molecule has 2 unspecified atom stereocenters. The van der Waals surface area contributed by atoms with Gasteiger partial charge in [-0.15, -0.1) is 0 Å². The van der Waals surface area contributed by atoms with Crippen LogP contribution in [0, 0.1) is 0 Å². The zero-order valence-corrected chi connectivity index (χ0v) is 7.10. The van der Waals surface area contributed by atoms with Gasteiger partial charge in [0.1, 0.15) is 6.67 Å². The summed E-state index contributed by atoms with van der Waals surface area (Å²) in [5.74, 6) is 0. The fraction of sp³-hybridized carbons (Fsp3) is 0.667. The van der Waals surface area contributed by atoms with E-state index in [4.69, 9.17) is 10.2 Å². The van der Waals surface area contributed by atoms with Gasteiger partial charge in [-0.25, -0.2) is 22.8 Å². The van der Waals surface area contributed by atoms with Crippen LogP contribution in [0.25, 0.3) is 0 Å². The van der Waals surface area contributed by atoms with Gasteiger partial charge in [-0.05, 0) is 0 Å². The zero-order chi connectivity index (χ0) is 12.0. The van der Waals surface area contributed by atoms with Gasteiger partial charge in [0.05, 0.1) is 0 Å². The molecular formula is C6H7F3O6. The molecule has 6 nitrogen and oxygen atoms in total. The topological polar surface area (TPSA) is 93.1 Å². The number of carboxylic acid groups (broad SMARTS) is 2. The second-order valence-electron chi connectivity index (χ2n) is 2.26. The third-order valence-electron chi connectivity index (χ3n) is 1.26. The van der Waals surface area contributed by atoms with Crippen LogP contribution < -0.4 is 0 Å². The third kappa shape index (κ3) is 4.93. The van der Waals surface area contributed by atoms with E-state index in [1.807, 2.05) is 0 Å². The number of rotatable bonds is 5. The first kappa shape index (κ1) is 13.3. The molecule has 0 radical (unpaired) electrons. The van der Waals surface area contributed by atoms with Gasteiger partial charge < -0.3 is 19.7 Å². The normalized spacial score (nSPS) is 14.4. The summed E-state index contributed by atoms with van der Waals surface area (Å²) >= 11 is 0. The monoisotopic (exact) mass is 232 g/mol. The summed E-state index contributed by atoms with van der Waals surface area (Å²) < 4.78 is 43.6. The van der Waals surface area contributed by atoms with Gasteiger partial charge in [-0.2, -0.15) is 0 Å². The molecule has 0 fully saturated rings. The molecule has 0 amide bonds. The molecule has 0 rings (SSSR count). The molecule has 0 saturated heterocycles. The molecule has 0 saturated carbocycles. The Hall–Kier alpha value is -1.67. The van der Waals surface area contributed by atoms with Gasteiger partial charge in [0.15, 0.2) is 6.10 Å². The number of halogens is 3. The van der Waals surface area contributed by atoms with Crippen LogP contribution in [0.1, 0.15) is 0 Å². The summed E-state index contributed by atoms with van der Waals surface area (Å²) in [7, 11) is 0. The highest BCUT2D eigenvalue weighted by molar-refractivity contribution is 5.58. The summed E-state index contributed by atoms with van der Waals surface area (Å²) in [6.07, 6.45) is -12.1. The molecule has 0 aliphatic heterocycles. The summed E-state index contributed by atoms with van der Waals surface area (Å²) in [6, 6.07) is 0. The molecular weight excluding hydrogens is 225 g/mol. The van der Waals surface area contributed by atoms with E-state index in [0.29, 0.717) is 0 Å². The fourth-order valence-electron chi connectivity index (χ4n) is 0.722. The molecule has 0 spiro atoms. The largest absolute Gasteiger partial charge is 0.506 e. The Morgan fingerprint density at radius 3 is 1.87 bits per heavy atom. The summed E-state index contributed by atoms with van der Waals surface area (Å²) in [5, 5.41) is 16.1. The van der Waals surface area contributed by atoms with Crippen molar-refractivity contribution in [3.8, 4) is 0 Å². The van der Waals surface area contributed by atoms with Crippen LogP contribution in [0.2, 0.25) is 0 Å². The highest BCUT2D eigenvalue weighted by atomic mass is 19.3. The molecule has 2 N–H and O–H groups in total. The molecule has 2 atom stereocenters. The highest BCUT2D eigenvalue weighted by Crippen LogP contribution is 2.14. The smallest absolute Gasteiger partial charge is 0.450 e. The Bertz CT molecular complexity index is 233. The van der Waals surface area contributed by atoms with Crippen LogP contribution in [0.3, 0.4) is 0 Å². The minimum atomic E-state index is -3.39. The fourth-order valence-corrected chi connectivity index (χ4v) is 0.722. The number of ether oxygens (including phenoxy) is 2. The molecule has 9 heteroatoms. The van der Waals surface area contributed by atoms with Crippen LogP contribution in [-0.4, -0.2) is 47.8 Å². The lowest BCUT2D eigenvalue weighted by atomic mass is 10.2. The van der Waals surface area contributed by atoms with Crippen molar-refractivity contribution in [1.82, 2.24) is 0 Å². The maximum atomic E-state index is 12.1. The Balaban J connectivity index is 4.54. The first-order valence-corrected chi connectivity index (χ1v) is 3.51. The lowest BCUT2D eigenvalue weighted by Crippen LogP contribution is -2.41. The minimum absolute atomic E-state index is 1.62. The number of hydrogen-bond acceptors (Lipinski definition) is 4. The summed E-state index contributed by atoms with van der Waals surface area (Å²) in [4.78, 5) is 19.9. The van der Waals surface area contributed by atoms with Crippen molar-refractivity contribution in [1.29, 1.82) is 0 Å². The van der Waals surface area contributed by atoms with Crippen molar-refractivity contribution in [3.63, 3.8) is 0 Å². The van der Waals surface area contributed by atoms with Crippen molar-refractivity contribution >= 4 is 12.3 Å². The quantitative estimate of drug-likeness (QED) is 0.695. The van der Waals surface area contributed by atoms with Gasteiger partial charge in [0.2, 0.25) is 6.10 Å². The van der Waals surface area contributed by atoms with Gasteiger partial charge >= 0.3 is 12.3 Å². The molecule has 0 aromatic carbocycles. The summed E-state index contributed by atoms with van der Waals surface area (Å²) in [5.41, 5.74) is 0. The molecule has 0 aromatic rings. The average molecular weight is 232 g/mol. The second kappa shape index (κ2) is 5.94. The zero-order valence-electron chi connectivity index (χ0n) is 7.10. The van der Waals surface area contributed by atoms with E-state index in [1.165, 1.54) is 0 Å². The minimum Gasteiger partial charge on any atom is -0.450 e. The van der Waals surface area contributed by atoms with Crippen LogP contribution >= 0.6 is 0 Å². The lowest BCUT2D eigenvalue weighted by molar-refractivity contribution is -0.107. The van der Waals surface area contributed by atoms with Crippen LogP contribution in [0.15, 0.2) is 0 Å². The average Bonchev–Trinajstić information content (AvgIpc) is 2.09. The highest BCUT2D eigenvalue weighted by Gasteiger charge is 2.36. The Kier molecular flexibility index (Phi) is 5.27. The van der Waals surface area contributed by atoms with E-state index in [9.17, 15) is 22.8 Å². The maximum Gasteiger partial charge on any atom is 0.506 e. The van der Waals surface area contributed by atoms with Crippen molar-refractivity contribution < 1.29 is 42.4 Å². The molecule has 0 aliphatic rings. The molecule has 0 bridgehead atoms. The van der Waals surface area contributed by atoms with E-state index in [1.54, 1.807) is 0 Å². The van der Waals surface area contributed by atoms with Gasteiger partial charge in [0.25, 0.3) is 6.43 Å². The molecule has 0 heterocycles. The Morgan fingerprint density at radius 2 is 1.60 bits per heavy atom. The van der Waals surface area contributed by atoms with Gasteiger partial charge in [0, 0.05) is 0 Å².